The van der Waals surface area contributed by atoms with Crippen LogP contribution in [0.2, 0.25) is 0 Å². The quantitative estimate of drug-likeness (QED) is 0.672. The minimum atomic E-state index is -4.63. The number of aromatic nitrogens is 2. The van der Waals surface area contributed by atoms with Gasteiger partial charge < -0.3 is 10.1 Å². The summed E-state index contributed by atoms with van der Waals surface area (Å²) >= 11 is 0. The van der Waals surface area contributed by atoms with E-state index in [0.29, 0.717) is 5.75 Å². The van der Waals surface area contributed by atoms with Crippen molar-refractivity contribution >= 4 is 11.6 Å². The van der Waals surface area contributed by atoms with E-state index in [1.807, 2.05) is 0 Å². The van der Waals surface area contributed by atoms with Crippen molar-refractivity contribution in [2.45, 2.75) is 20.0 Å². The van der Waals surface area contributed by atoms with Gasteiger partial charge >= 0.3 is 12.2 Å². The highest BCUT2D eigenvalue weighted by molar-refractivity contribution is 6.05. The van der Waals surface area contributed by atoms with Crippen molar-refractivity contribution < 1.29 is 22.7 Å². The number of halogens is 3. The maximum Gasteiger partial charge on any atom is 0.417 e. The average molecular weight is 387 g/mol. The molecule has 0 atom stereocenters. The molecule has 0 unspecified atom stereocenters. The summed E-state index contributed by atoms with van der Waals surface area (Å²) in [4.78, 5) is 20.7. The SMILES string of the molecule is Cc1cc(C)nc(Oc2cccc(NC(=O)c3ccccc3C(F)(F)F)c2)n1. The predicted octanol–water partition coefficient (Wildman–Crippen LogP) is 5.16. The minimum absolute atomic E-state index is 0.142. The van der Waals surface area contributed by atoms with Crippen LogP contribution >= 0.6 is 0 Å². The molecular weight excluding hydrogens is 371 g/mol. The first kappa shape index (κ1) is 19.3. The molecule has 0 saturated carbocycles. The first-order valence-corrected chi connectivity index (χ1v) is 8.30. The molecule has 1 aromatic heterocycles. The summed E-state index contributed by atoms with van der Waals surface area (Å²) < 4.78 is 44.9. The van der Waals surface area contributed by atoms with Crippen LogP contribution in [0.3, 0.4) is 0 Å². The molecule has 3 rings (SSSR count). The second-order valence-corrected chi connectivity index (χ2v) is 6.06. The van der Waals surface area contributed by atoms with Crippen LogP contribution in [0.4, 0.5) is 18.9 Å². The topological polar surface area (TPSA) is 64.1 Å². The number of aryl methyl sites for hydroxylation is 2. The van der Waals surface area contributed by atoms with Gasteiger partial charge in [-0.2, -0.15) is 13.2 Å². The molecule has 0 saturated heterocycles. The summed E-state index contributed by atoms with van der Waals surface area (Å²) in [5.74, 6) is -0.528. The molecule has 0 spiro atoms. The number of rotatable bonds is 4. The summed E-state index contributed by atoms with van der Waals surface area (Å²) in [5, 5.41) is 2.46. The predicted molar refractivity (Wildman–Crippen MR) is 97.4 cm³/mol. The third-order valence-corrected chi connectivity index (χ3v) is 3.74. The van der Waals surface area contributed by atoms with Gasteiger partial charge in [0, 0.05) is 23.1 Å². The lowest BCUT2D eigenvalue weighted by molar-refractivity contribution is -0.137. The highest BCUT2D eigenvalue weighted by Gasteiger charge is 2.34. The number of anilines is 1. The van der Waals surface area contributed by atoms with E-state index >= 15 is 0 Å². The molecule has 0 aliphatic rings. The van der Waals surface area contributed by atoms with Gasteiger partial charge in [0.2, 0.25) is 0 Å². The normalized spacial score (nSPS) is 11.2. The maximum absolute atomic E-state index is 13.1. The van der Waals surface area contributed by atoms with Crippen LogP contribution < -0.4 is 10.1 Å². The Balaban J connectivity index is 1.81. The first-order valence-electron chi connectivity index (χ1n) is 8.30. The van der Waals surface area contributed by atoms with Crippen LogP contribution in [0.25, 0.3) is 0 Å². The average Bonchev–Trinajstić information content (AvgIpc) is 2.60. The molecule has 0 fully saturated rings. The Morgan fingerprint density at radius 2 is 1.64 bits per heavy atom. The number of alkyl halides is 3. The van der Waals surface area contributed by atoms with Gasteiger partial charge in [-0.1, -0.05) is 18.2 Å². The third-order valence-electron chi connectivity index (χ3n) is 3.74. The zero-order valence-corrected chi connectivity index (χ0v) is 15.0. The van der Waals surface area contributed by atoms with Crippen LogP contribution in [-0.2, 0) is 6.18 Å². The number of nitrogens with zero attached hydrogens (tertiary/aromatic N) is 2. The molecule has 3 aromatic rings. The van der Waals surface area contributed by atoms with E-state index < -0.39 is 23.2 Å². The number of carbonyl (C=O) groups is 1. The lowest BCUT2D eigenvalue weighted by Crippen LogP contribution is -2.18. The third kappa shape index (κ3) is 4.64. The second-order valence-electron chi connectivity index (χ2n) is 6.06. The van der Waals surface area contributed by atoms with Crippen LogP contribution in [0.1, 0.15) is 27.3 Å². The highest BCUT2D eigenvalue weighted by atomic mass is 19.4. The van der Waals surface area contributed by atoms with Gasteiger partial charge in [-0.3, -0.25) is 4.79 Å². The monoisotopic (exact) mass is 387 g/mol. The van der Waals surface area contributed by atoms with Gasteiger partial charge in [0.25, 0.3) is 5.91 Å². The van der Waals surface area contributed by atoms with Gasteiger partial charge in [-0.25, -0.2) is 9.97 Å². The molecule has 0 bridgehead atoms. The fraction of sp³-hybridized carbons (Fsp3) is 0.150. The Morgan fingerprint density at radius 1 is 0.964 bits per heavy atom. The van der Waals surface area contributed by atoms with Gasteiger partial charge in [0.15, 0.2) is 0 Å². The molecular formula is C20H16F3N3O2. The fourth-order valence-corrected chi connectivity index (χ4v) is 2.61. The molecule has 1 heterocycles. The molecule has 0 aliphatic carbocycles. The Morgan fingerprint density at radius 3 is 2.32 bits per heavy atom. The largest absolute Gasteiger partial charge is 0.424 e. The lowest BCUT2D eigenvalue weighted by atomic mass is 10.1. The zero-order valence-electron chi connectivity index (χ0n) is 15.0. The summed E-state index contributed by atoms with van der Waals surface area (Å²) in [6.45, 7) is 3.60. The Labute approximate surface area is 159 Å². The highest BCUT2D eigenvalue weighted by Crippen LogP contribution is 2.32. The first-order chi connectivity index (χ1) is 13.2. The number of benzene rings is 2. The summed E-state index contributed by atoms with van der Waals surface area (Å²) in [7, 11) is 0. The van der Waals surface area contributed by atoms with Crippen LogP contribution in [0.5, 0.6) is 11.8 Å². The molecule has 28 heavy (non-hydrogen) atoms. The van der Waals surface area contributed by atoms with Crippen molar-refractivity contribution in [3.8, 4) is 11.8 Å². The van der Waals surface area contributed by atoms with E-state index in [0.717, 1.165) is 23.5 Å². The number of hydrogen-bond acceptors (Lipinski definition) is 4. The Hall–Kier alpha value is -3.42. The van der Waals surface area contributed by atoms with Crippen molar-refractivity contribution in [3.05, 3.63) is 77.1 Å². The summed E-state index contributed by atoms with van der Waals surface area (Å²) in [6.07, 6.45) is -4.63. The van der Waals surface area contributed by atoms with Gasteiger partial charge in [-0.15, -0.1) is 0 Å². The number of carbonyl (C=O) groups excluding carboxylic acids is 1. The van der Waals surface area contributed by atoms with E-state index in [1.54, 1.807) is 38.1 Å². The van der Waals surface area contributed by atoms with E-state index in [-0.39, 0.29) is 11.7 Å². The molecule has 8 heteroatoms. The number of ether oxygens (including phenoxy) is 1. The number of nitrogens with one attached hydrogen (secondary N) is 1. The van der Waals surface area contributed by atoms with Crippen LogP contribution in [0.15, 0.2) is 54.6 Å². The zero-order chi connectivity index (χ0) is 20.3. The summed E-state index contributed by atoms with van der Waals surface area (Å²) in [5.41, 5.74) is 0.290. The number of amides is 1. The number of hydrogen-bond donors (Lipinski definition) is 1. The smallest absolute Gasteiger partial charge is 0.417 e. The maximum atomic E-state index is 13.1. The fourth-order valence-electron chi connectivity index (χ4n) is 2.61. The van der Waals surface area contributed by atoms with Crippen molar-refractivity contribution in [2.24, 2.45) is 0 Å². The van der Waals surface area contributed by atoms with Crippen molar-refractivity contribution in [1.82, 2.24) is 9.97 Å². The summed E-state index contributed by atoms with van der Waals surface area (Å²) in [6, 6.07) is 12.8. The van der Waals surface area contributed by atoms with Crippen LogP contribution in [0, 0.1) is 13.8 Å². The Kier molecular flexibility index (Phi) is 5.30. The molecule has 5 nitrogen and oxygen atoms in total. The van der Waals surface area contributed by atoms with E-state index in [1.165, 1.54) is 18.2 Å². The van der Waals surface area contributed by atoms with E-state index in [4.69, 9.17) is 4.74 Å². The molecule has 2 aromatic carbocycles. The standard InChI is InChI=1S/C20H16F3N3O2/c1-12-10-13(2)25-19(24-12)28-15-7-5-6-14(11-15)26-18(27)16-8-3-4-9-17(16)20(21,22)23/h3-11H,1-2H3,(H,26,27). The van der Waals surface area contributed by atoms with Gasteiger partial charge in [-0.05, 0) is 44.2 Å². The Bertz CT molecular complexity index is 999. The van der Waals surface area contributed by atoms with Crippen LogP contribution in [-0.4, -0.2) is 15.9 Å². The van der Waals surface area contributed by atoms with E-state index in [9.17, 15) is 18.0 Å². The van der Waals surface area contributed by atoms with Gasteiger partial charge in [0.1, 0.15) is 5.75 Å². The molecule has 1 amide bonds. The molecule has 144 valence electrons. The lowest BCUT2D eigenvalue weighted by Gasteiger charge is -2.13. The molecule has 0 radical (unpaired) electrons. The molecule has 0 aliphatic heterocycles. The molecule has 1 N–H and O–H groups in total. The van der Waals surface area contributed by atoms with Crippen molar-refractivity contribution in [1.29, 1.82) is 0 Å². The minimum Gasteiger partial charge on any atom is -0.424 e. The van der Waals surface area contributed by atoms with Crippen molar-refractivity contribution in [3.63, 3.8) is 0 Å². The second kappa shape index (κ2) is 7.67. The van der Waals surface area contributed by atoms with Gasteiger partial charge in [0.05, 0.1) is 11.1 Å². The van der Waals surface area contributed by atoms with E-state index in [2.05, 4.69) is 15.3 Å². The van der Waals surface area contributed by atoms with Crippen molar-refractivity contribution in [2.75, 3.05) is 5.32 Å².